The standard InChI is InChI=1S/C13H15ClFNO2/c1-3-9(13(17)18-2)6-7-16-10-4-5-11(14)12(15)8-10/h4-6,8,16H,3,7H2,1-2H3/b9-6-. The van der Waals surface area contributed by atoms with Crippen molar-refractivity contribution in [3.8, 4) is 0 Å². The number of hydrogen-bond acceptors (Lipinski definition) is 3. The van der Waals surface area contributed by atoms with Crippen molar-refractivity contribution in [1.82, 2.24) is 0 Å². The molecule has 1 aromatic rings. The van der Waals surface area contributed by atoms with Gasteiger partial charge in [-0.2, -0.15) is 0 Å². The van der Waals surface area contributed by atoms with Gasteiger partial charge in [0.25, 0.3) is 0 Å². The number of rotatable bonds is 5. The Balaban J connectivity index is 2.62. The van der Waals surface area contributed by atoms with E-state index in [9.17, 15) is 9.18 Å². The molecular formula is C13H15ClFNO2. The van der Waals surface area contributed by atoms with Gasteiger partial charge in [-0.1, -0.05) is 24.6 Å². The van der Waals surface area contributed by atoms with Crippen LogP contribution in [0.15, 0.2) is 29.8 Å². The molecule has 18 heavy (non-hydrogen) atoms. The van der Waals surface area contributed by atoms with Crippen LogP contribution in [0.2, 0.25) is 5.02 Å². The first-order chi connectivity index (χ1) is 8.58. The third kappa shape index (κ3) is 4.04. The van der Waals surface area contributed by atoms with Crippen LogP contribution < -0.4 is 5.32 Å². The summed E-state index contributed by atoms with van der Waals surface area (Å²) < 4.78 is 17.8. The van der Waals surface area contributed by atoms with Crippen molar-refractivity contribution >= 4 is 23.3 Å². The van der Waals surface area contributed by atoms with Crippen LogP contribution >= 0.6 is 11.6 Å². The van der Waals surface area contributed by atoms with E-state index in [4.69, 9.17) is 11.6 Å². The molecule has 0 unspecified atom stereocenters. The fraction of sp³-hybridized carbons (Fsp3) is 0.308. The molecule has 98 valence electrons. The van der Waals surface area contributed by atoms with Crippen molar-refractivity contribution in [2.75, 3.05) is 19.0 Å². The van der Waals surface area contributed by atoms with Gasteiger partial charge in [-0.05, 0) is 24.6 Å². The molecule has 5 heteroatoms. The Morgan fingerprint density at radius 3 is 2.83 bits per heavy atom. The molecule has 3 nitrogen and oxygen atoms in total. The Morgan fingerprint density at radius 2 is 2.28 bits per heavy atom. The van der Waals surface area contributed by atoms with E-state index in [0.717, 1.165) is 0 Å². The number of esters is 1. The van der Waals surface area contributed by atoms with Gasteiger partial charge < -0.3 is 10.1 Å². The Bertz CT molecular complexity index is 460. The highest BCUT2D eigenvalue weighted by atomic mass is 35.5. The van der Waals surface area contributed by atoms with Gasteiger partial charge in [0.1, 0.15) is 5.82 Å². The van der Waals surface area contributed by atoms with Crippen molar-refractivity contribution in [3.05, 3.63) is 40.7 Å². The summed E-state index contributed by atoms with van der Waals surface area (Å²) >= 11 is 5.57. The Labute approximate surface area is 111 Å². The zero-order valence-electron chi connectivity index (χ0n) is 10.3. The summed E-state index contributed by atoms with van der Waals surface area (Å²) in [5, 5.41) is 3.06. The monoisotopic (exact) mass is 271 g/mol. The molecule has 0 radical (unpaired) electrons. The van der Waals surface area contributed by atoms with E-state index < -0.39 is 5.82 Å². The van der Waals surface area contributed by atoms with Gasteiger partial charge in [-0.3, -0.25) is 0 Å². The zero-order chi connectivity index (χ0) is 13.5. The molecule has 0 aliphatic carbocycles. The summed E-state index contributed by atoms with van der Waals surface area (Å²) in [7, 11) is 1.34. The lowest BCUT2D eigenvalue weighted by Crippen LogP contribution is -2.07. The van der Waals surface area contributed by atoms with E-state index in [0.29, 0.717) is 24.2 Å². The lowest BCUT2D eigenvalue weighted by Gasteiger charge is -2.06. The zero-order valence-corrected chi connectivity index (χ0v) is 11.1. The van der Waals surface area contributed by atoms with Crippen molar-refractivity contribution in [2.24, 2.45) is 0 Å². The minimum Gasteiger partial charge on any atom is -0.466 e. The summed E-state index contributed by atoms with van der Waals surface area (Å²) in [6.07, 6.45) is 2.31. The van der Waals surface area contributed by atoms with Gasteiger partial charge >= 0.3 is 5.97 Å². The van der Waals surface area contributed by atoms with Gasteiger partial charge in [0.05, 0.1) is 12.1 Å². The number of halogens is 2. The molecule has 0 aromatic heterocycles. The van der Waals surface area contributed by atoms with Crippen LogP contribution in [0.1, 0.15) is 13.3 Å². The number of benzene rings is 1. The number of hydrogen-bond donors (Lipinski definition) is 1. The third-order valence-electron chi connectivity index (χ3n) is 2.40. The summed E-state index contributed by atoms with van der Waals surface area (Å²) in [5.74, 6) is -0.823. The first-order valence-electron chi connectivity index (χ1n) is 5.54. The van der Waals surface area contributed by atoms with E-state index in [1.165, 1.54) is 19.2 Å². The van der Waals surface area contributed by atoms with Crippen LogP contribution in [0.4, 0.5) is 10.1 Å². The van der Waals surface area contributed by atoms with Crippen molar-refractivity contribution in [2.45, 2.75) is 13.3 Å². The lowest BCUT2D eigenvalue weighted by molar-refractivity contribution is -0.136. The van der Waals surface area contributed by atoms with Gasteiger partial charge in [0.2, 0.25) is 0 Å². The van der Waals surface area contributed by atoms with Crippen LogP contribution in [0, 0.1) is 5.82 Å². The van der Waals surface area contributed by atoms with Crippen LogP contribution in [0.3, 0.4) is 0 Å². The summed E-state index contributed by atoms with van der Waals surface area (Å²) in [6.45, 7) is 2.28. The lowest BCUT2D eigenvalue weighted by atomic mass is 10.2. The minimum absolute atomic E-state index is 0.0832. The maximum atomic E-state index is 13.2. The highest BCUT2D eigenvalue weighted by molar-refractivity contribution is 6.30. The average molecular weight is 272 g/mol. The summed E-state index contributed by atoms with van der Waals surface area (Å²) in [6, 6.07) is 4.45. The smallest absolute Gasteiger partial charge is 0.333 e. The van der Waals surface area contributed by atoms with Crippen molar-refractivity contribution in [1.29, 1.82) is 0 Å². The molecule has 0 amide bonds. The highest BCUT2D eigenvalue weighted by Gasteiger charge is 2.06. The van der Waals surface area contributed by atoms with E-state index in [1.807, 2.05) is 6.92 Å². The molecule has 0 spiro atoms. The number of methoxy groups -OCH3 is 1. The van der Waals surface area contributed by atoms with Gasteiger partial charge in [0, 0.05) is 17.8 Å². The maximum Gasteiger partial charge on any atom is 0.333 e. The Kier molecular flexibility index (Phi) is 5.65. The van der Waals surface area contributed by atoms with E-state index >= 15 is 0 Å². The second-order valence-electron chi connectivity index (χ2n) is 3.58. The predicted molar refractivity (Wildman–Crippen MR) is 70.3 cm³/mol. The fourth-order valence-corrected chi connectivity index (χ4v) is 1.52. The molecule has 1 aromatic carbocycles. The number of anilines is 1. The molecule has 0 heterocycles. The topological polar surface area (TPSA) is 38.3 Å². The van der Waals surface area contributed by atoms with E-state index in [-0.39, 0.29) is 11.0 Å². The SMILES string of the molecule is CC/C(=C/CNc1ccc(Cl)c(F)c1)C(=O)OC. The normalized spacial score (nSPS) is 11.2. The van der Waals surface area contributed by atoms with E-state index in [1.54, 1.807) is 12.1 Å². The quantitative estimate of drug-likeness (QED) is 0.659. The molecule has 0 saturated heterocycles. The maximum absolute atomic E-state index is 13.2. The first-order valence-corrected chi connectivity index (χ1v) is 5.92. The molecule has 0 aliphatic heterocycles. The van der Waals surface area contributed by atoms with Crippen molar-refractivity contribution in [3.63, 3.8) is 0 Å². The molecular weight excluding hydrogens is 257 g/mol. The number of carbonyl (C=O) groups is 1. The Morgan fingerprint density at radius 1 is 1.56 bits per heavy atom. The largest absolute Gasteiger partial charge is 0.466 e. The van der Waals surface area contributed by atoms with Gasteiger partial charge in [-0.15, -0.1) is 0 Å². The average Bonchev–Trinajstić information content (AvgIpc) is 2.38. The Hall–Kier alpha value is -1.55. The van der Waals surface area contributed by atoms with Gasteiger partial charge in [0.15, 0.2) is 0 Å². The molecule has 1 N–H and O–H groups in total. The molecule has 0 atom stereocenters. The third-order valence-corrected chi connectivity index (χ3v) is 2.71. The molecule has 0 aliphatic rings. The second kappa shape index (κ2) is 7.01. The second-order valence-corrected chi connectivity index (χ2v) is 3.99. The van der Waals surface area contributed by atoms with Crippen molar-refractivity contribution < 1.29 is 13.9 Å². The predicted octanol–water partition coefficient (Wildman–Crippen LogP) is 3.40. The molecule has 0 fully saturated rings. The van der Waals surface area contributed by atoms with E-state index in [2.05, 4.69) is 10.1 Å². The summed E-state index contributed by atoms with van der Waals surface area (Å²) in [5.41, 5.74) is 1.19. The summed E-state index contributed by atoms with van der Waals surface area (Å²) in [4.78, 5) is 11.3. The van der Waals surface area contributed by atoms with Gasteiger partial charge in [-0.25, -0.2) is 9.18 Å². The molecule has 0 bridgehead atoms. The van der Waals surface area contributed by atoms with Crippen LogP contribution in [0.5, 0.6) is 0 Å². The molecule has 0 saturated carbocycles. The first kappa shape index (κ1) is 14.5. The molecule has 1 rings (SSSR count). The minimum atomic E-state index is -0.477. The van der Waals surface area contributed by atoms with Crippen LogP contribution in [0.25, 0.3) is 0 Å². The fourth-order valence-electron chi connectivity index (χ4n) is 1.40. The van der Waals surface area contributed by atoms with Crippen LogP contribution in [-0.2, 0) is 9.53 Å². The number of carbonyl (C=O) groups excluding carboxylic acids is 1. The highest BCUT2D eigenvalue weighted by Crippen LogP contribution is 2.18. The number of ether oxygens (including phenoxy) is 1. The number of nitrogens with one attached hydrogen (secondary N) is 1. The van der Waals surface area contributed by atoms with Crippen LogP contribution in [-0.4, -0.2) is 19.6 Å².